The van der Waals surface area contributed by atoms with Gasteiger partial charge in [0.15, 0.2) is 0 Å². The lowest BCUT2D eigenvalue weighted by atomic mass is 10.00. The summed E-state index contributed by atoms with van der Waals surface area (Å²) < 4.78 is 0. The molecular formula is C19H19N. The van der Waals surface area contributed by atoms with E-state index in [-0.39, 0.29) is 0 Å². The molecule has 0 aliphatic rings. The van der Waals surface area contributed by atoms with Crippen molar-refractivity contribution < 1.29 is 0 Å². The van der Waals surface area contributed by atoms with E-state index < -0.39 is 0 Å². The second-order valence-corrected chi connectivity index (χ2v) is 5.67. The lowest BCUT2D eigenvalue weighted by Crippen LogP contribution is -1.92. The van der Waals surface area contributed by atoms with E-state index in [0.717, 1.165) is 11.2 Å². The minimum Gasteiger partial charge on any atom is -0.248 e. The highest BCUT2D eigenvalue weighted by atomic mass is 14.7. The highest BCUT2D eigenvalue weighted by Gasteiger charge is 2.07. The Morgan fingerprint density at radius 1 is 0.750 bits per heavy atom. The van der Waals surface area contributed by atoms with Crippen LogP contribution in [0.5, 0.6) is 0 Å². The molecule has 0 fully saturated rings. The van der Waals surface area contributed by atoms with Gasteiger partial charge in [0.1, 0.15) is 0 Å². The molecule has 0 bridgehead atoms. The molecule has 20 heavy (non-hydrogen) atoms. The first-order valence-corrected chi connectivity index (χ1v) is 7.00. The first-order valence-electron chi connectivity index (χ1n) is 7.00. The number of hydrogen-bond donors (Lipinski definition) is 0. The normalized spacial score (nSPS) is 11.0. The van der Waals surface area contributed by atoms with Gasteiger partial charge in [0.25, 0.3) is 0 Å². The zero-order valence-corrected chi connectivity index (χ0v) is 12.5. The molecule has 1 nitrogen and oxygen atoms in total. The Kier molecular flexibility index (Phi) is 3.06. The smallest absolute Gasteiger partial charge is 0.0714 e. The van der Waals surface area contributed by atoms with Gasteiger partial charge in [-0.2, -0.15) is 0 Å². The highest BCUT2D eigenvalue weighted by Crippen LogP contribution is 2.27. The molecule has 0 aliphatic heterocycles. The lowest BCUT2D eigenvalue weighted by Gasteiger charge is -2.10. The first-order chi connectivity index (χ1) is 9.54. The van der Waals surface area contributed by atoms with Crippen molar-refractivity contribution in [1.82, 2.24) is 4.98 Å². The second kappa shape index (κ2) is 4.75. The lowest BCUT2D eigenvalue weighted by molar-refractivity contribution is 1.32. The molecule has 1 heterocycles. The molecule has 0 spiro atoms. The van der Waals surface area contributed by atoms with E-state index in [1.54, 1.807) is 0 Å². The standard InChI is InChI=1S/C19H19N/c1-12-8-13(2)10-16(9-12)18-11-15(4)19-14(3)6-5-7-17(19)20-18/h5-11H,1-4H3. The van der Waals surface area contributed by atoms with Crippen molar-refractivity contribution in [2.45, 2.75) is 27.7 Å². The molecule has 0 atom stereocenters. The molecule has 0 unspecified atom stereocenters. The number of pyridine rings is 1. The summed E-state index contributed by atoms with van der Waals surface area (Å²) in [5.74, 6) is 0. The Morgan fingerprint density at radius 2 is 1.45 bits per heavy atom. The predicted octanol–water partition coefficient (Wildman–Crippen LogP) is 5.14. The van der Waals surface area contributed by atoms with Crippen LogP contribution in [0.25, 0.3) is 22.2 Å². The van der Waals surface area contributed by atoms with E-state index in [9.17, 15) is 0 Å². The summed E-state index contributed by atoms with van der Waals surface area (Å²) >= 11 is 0. The molecule has 2 aromatic carbocycles. The molecule has 0 aliphatic carbocycles. The van der Waals surface area contributed by atoms with Gasteiger partial charge in [-0.3, -0.25) is 0 Å². The molecule has 3 rings (SSSR count). The summed E-state index contributed by atoms with van der Waals surface area (Å²) in [6.45, 7) is 8.58. The Morgan fingerprint density at radius 3 is 2.15 bits per heavy atom. The number of benzene rings is 2. The van der Waals surface area contributed by atoms with Gasteiger partial charge < -0.3 is 0 Å². The van der Waals surface area contributed by atoms with Crippen LogP contribution in [0.3, 0.4) is 0 Å². The molecule has 100 valence electrons. The van der Waals surface area contributed by atoms with Crippen LogP contribution in [-0.4, -0.2) is 4.98 Å². The van der Waals surface area contributed by atoms with Crippen LogP contribution in [-0.2, 0) is 0 Å². The number of rotatable bonds is 1. The number of aromatic nitrogens is 1. The van der Waals surface area contributed by atoms with Gasteiger partial charge in [-0.1, -0.05) is 29.3 Å². The summed E-state index contributed by atoms with van der Waals surface area (Å²) in [4.78, 5) is 4.85. The molecule has 3 aromatic rings. The number of hydrogen-bond acceptors (Lipinski definition) is 1. The fourth-order valence-corrected chi connectivity index (χ4v) is 2.97. The maximum absolute atomic E-state index is 4.85. The van der Waals surface area contributed by atoms with E-state index in [0.29, 0.717) is 0 Å². The van der Waals surface area contributed by atoms with Crippen LogP contribution in [0.1, 0.15) is 22.3 Å². The van der Waals surface area contributed by atoms with Crippen molar-refractivity contribution in [3.8, 4) is 11.3 Å². The second-order valence-electron chi connectivity index (χ2n) is 5.67. The topological polar surface area (TPSA) is 12.9 Å². The third-order valence-corrected chi connectivity index (χ3v) is 3.76. The van der Waals surface area contributed by atoms with Crippen LogP contribution in [0.4, 0.5) is 0 Å². The van der Waals surface area contributed by atoms with Gasteiger partial charge in [0.2, 0.25) is 0 Å². The third-order valence-electron chi connectivity index (χ3n) is 3.76. The number of aryl methyl sites for hydroxylation is 4. The third kappa shape index (κ3) is 2.20. The van der Waals surface area contributed by atoms with Crippen LogP contribution in [0.2, 0.25) is 0 Å². The molecule has 0 radical (unpaired) electrons. The number of nitrogens with zero attached hydrogens (tertiary/aromatic N) is 1. The van der Waals surface area contributed by atoms with Crippen LogP contribution in [0.15, 0.2) is 42.5 Å². The van der Waals surface area contributed by atoms with E-state index in [4.69, 9.17) is 4.98 Å². The first kappa shape index (κ1) is 12.9. The van der Waals surface area contributed by atoms with E-state index in [1.807, 2.05) is 0 Å². The van der Waals surface area contributed by atoms with Crippen molar-refractivity contribution in [3.05, 3.63) is 64.7 Å². The molecule has 1 heteroatoms. The molecule has 0 amide bonds. The van der Waals surface area contributed by atoms with Crippen molar-refractivity contribution in [2.75, 3.05) is 0 Å². The fraction of sp³-hybridized carbons (Fsp3) is 0.211. The van der Waals surface area contributed by atoms with Gasteiger partial charge in [-0.25, -0.2) is 4.98 Å². The van der Waals surface area contributed by atoms with Gasteiger partial charge in [-0.05, 0) is 63.1 Å². The van der Waals surface area contributed by atoms with E-state index in [2.05, 4.69) is 70.2 Å². The van der Waals surface area contributed by atoms with Gasteiger partial charge in [-0.15, -0.1) is 0 Å². The summed E-state index contributed by atoms with van der Waals surface area (Å²) in [5.41, 5.74) is 8.50. The maximum atomic E-state index is 4.85. The summed E-state index contributed by atoms with van der Waals surface area (Å²) in [6, 6.07) is 15.1. The van der Waals surface area contributed by atoms with Crippen molar-refractivity contribution in [3.63, 3.8) is 0 Å². The minimum absolute atomic E-state index is 1.06. The quantitative estimate of drug-likeness (QED) is 0.591. The summed E-state index contributed by atoms with van der Waals surface area (Å²) in [6.07, 6.45) is 0. The average Bonchev–Trinajstić information content (AvgIpc) is 2.37. The Balaban J connectivity index is 2.27. The van der Waals surface area contributed by atoms with Gasteiger partial charge in [0.05, 0.1) is 11.2 Å². The van der Waals surface area contributed by atoms with Crippen molar-refractivity contribution in [1.29, 1.82) is 0 Å². The molecule has 1 aromatic heterocycles. The van der Waals surface area contributed by atoms with Crippen LogP contribution >= 0.6 is 0 Å². The van der Waals surface area contributed by atoms with Crippen LogP contribution < -0.4 is 0 Å². The zero-order valence-electron chi connectivity index (χ0n) is 12.5. The predicted molar refractivity (Wildman–Crippen MR) is 86.1 cm³/mol. The molecule has 0 N–H and O–H groups in total. The van der Waals surface area contributed by atoms with Crippen molar-refractivity contribution in [2.24, 2.45) is 0 Å². The Hall–Kier alpha value is -2.15. The van der Waals surface area contributed by atoms with E-state index in [1.165, 1.54) is 33.2 Å². The largest absolute Gasteiger partial charge is 0.248 e. The van der Waals surface area contributed by atoms with E-state index >= 15 is 0 Å². The van der Waals surface area contributed by atoms with Crippen LogP contribution in [0, 0.1) is 27.7 Å². The fourth-order valence-electron chi connectivity index (χ4n) is 2.97. The molecular weight excluding hydrogens is 242 g/mol. The SMILES string of the molecule is Cc1cc(C)cc(-c2cc(C)c3c(C)cccc3n2)c1. The van der Waals surface area contributed by atoms with Gasteiger partial charge in [0, 0.05) is 10.9 Å². The Bertz CT molecular complexity index is 780. The minimum atomic E-state index is 1.06. The zero-order chi connectivity index (χ0) is 14.3. The van der Waals surface area contributed by atoms with Gasteiger partial charge >= 0.3 is 0 Å². The summed E-state index contributed by atoms with van der Waals surface area (Å²) in [7, 11) is 0. The maximum Gasteiger partial charge on any atom is 0.0714 e. The molecule has 0 saturated carbocycles. The molecule has 0 saturated heterocycles. The highest BCUT2D eigenvalue weighted by molar-refractivity contribution is 5.87. The number of fused-ring (bicyclic) bond motifs is 1. The average molecular weight is 261 g/mol. The summed E-state index contributed by atoms with van der Waals surface area (Å²) in [5, 5.41) is 1.28. The monoisotopic (exact) mass is 261 g/mol. The Labute approximate surface area is 120 Å². The van der Waals surface area contributed by atoms with Crippen molar-refractivity contribution >= 4 is 10.9 Å².